The number of hydrogen-bond donors (Lipinski definition) is 2. The van der Waals surface area contributed by atoms with Gasteiger partial charge in [-0.3, -0.25) is 11.3 Å². The molecule has 0 aliphatic rings. The third-order valence-electron chi connectivity index (χ3n) is 2.86. The highest BCUT2D eigenvalue weighted by Crippen LogP contribution is 2.29. The Kier molecular flexibility index (Phi) is 4.93. The van der Waals surface area contributed by atoms with Crippen LogP contribution in [0.1, 0.15) is 16.5 Å². The number of nitrogens with one attached hydrogen (secondary N) is 1. The highest BCUT2D eigenvalue weighted by atomic mass is 79.9. The molecule has 0 radical (unpaired) electrons. The van der Waals surface area contributed by atoms with E-state index in [1.807, 2.05) is 17.5 Å². The first-order valence-electron chi connectivity index (χ1n) is 5.67. The molecule has 0 fully saturated rings. The SMILES string of the molecule is COc1ccc(C(Cc2sccc2Br)NN)cc1F. The van der Waals surface area contributed by atoms with Crippen molar-refractivity contribution in [2.75, 3.05) is 7.11 Å². The predicted molar refractivity (Wildman–Crippen MR) is 78.7 cm³/mol. The molecular weight excluding hydrogens is 331 g/mol. The second-order valence-electron chi connectivity index (χ2n) is 4.01. The average Bonchev–Trinajstić information content (AvgIpc) is 2.81. The van der Waals surface area contributed by atoms with E-state index in [9.17, 15) is 4.39 Å². The first-order valence-corrected chi connectivity index (χ1v) is 7.34. The zero-order valence-electron chi connectivity index (χ0n) is 10.3. The maximum absolute atomic E-state index is 13.7. The zero-order chi connectivity index (χ0) is 13.8. The molecule has 0 saturated carbocycles. The van der Waals surface area contributed by atoms with E-state index in [4.69, 9.17) is 10.6 Å². The van der Waals surface area contributed by atoms with Gasteiger partial charge in [-0.25, -0.2) is 4.39 Å². The zero-order valence-corrected chi connectivity index (χ0v) is 12.7. The molecule has 1 atom stereocenters. The van der Waals surface area contributed by atoms with Gasteiger partial charge < -0.3 is 4.74 Å². The van der Waals surface area contributed by atoms with Gasteiger partial charge in [0.05, 0.1) is 13.2 Å². The van der Waals surface area contributed by atoms with Gasteiger partial charge in [0.15, 0.2) is 11.6 Å². The number of methoxy groups -OCH3 is 1. The molecule has 0 spiro atoms. The quantitative estimate of drug-likeness (QED) is 0.645. The largest absolute Gasteiger partial charge is 0.494 e. The molecule has 0 saturated heterocycles. The second kappa shape index (κ2) is 6.47. The normalized spacial score (nSPS) is 12.4. The molecular formula is C13H14BrFN2OS. The van der Waals surface area contributed by atoms with E-state index < -0.39 is 0 Å². The number of thiophene rings is 1. The standard InChI is InChI=1S/C13H14BrFN2OS/c1-18-12-3-2-8(6-10(12)15)11(17-16)7-13-9(14)4-5-19-13/h2-6,11,17H,7,16H2,1H3. The van der Waals surface area contributed by atoms with E-state index in [1.54, 1.807) is 17.4 Å². The first kappa shape index (κ1) is 14.5. The highest BCUT2D eigenvalue weighted by Gasteiger charge is 2.15. The maximum Gasteiger partial charge on any atom is 0.165 e. The van der Waals surface area contributed by atoms with Gasteiger partial charge in [0.2, 0.25) is 0 Å². The Morgan fingerprint density at radius 3 is 2.79 bits per heavy atom. The van der Waals surface area contributed by atoms with Crippen LogP contribution in [-0.4, -0.2) is 7.11 Å². The van der Waals surface area contributed by atoms with E-state index in [1.165, 1.54) is 18.1 Å². The average molecular weight is 345 g/mol. The Hall–Kier alpha value is -0.950. The van der Waals surface area contributed by atoms with Crippen molar-refractivity contribution in [2.45, 2.75) is 12.5 Å². The number of rotatable bonds is 5. The molecule has 1 heterocycles. The summed E-state index contributed by atoms with van der Waals surface area (Å²) in [7, 11) is 1.44. The molecule has 1 unspecified atom stereocenters. The van der Waals surface area contributed by atoms with Crippen LogP contribution >= 0.6 is 27.3 Å². The lowest BCUT2D eigenvalue weighted by atomic mass is 10.0. The molecule has 0 aliphatic carbocycles. The summed E-state index contributed by atoms with van der Waals surface area (Å²) in [5.41, 5.74) is 3.52. The van der Waals surface area contributed by atoms with Crippen LogP contribution in [0.5, 0.6) is 5.75 Å². The molecule has 1 aromatic carbocycles. The van der Waals surface area contributed by atoms with Gasteiger partial charge in [-0.2, -0.15) is 0 Å². The Balaban J connectivity index is 2.22. The molecule has 0 bridgehead atoms. The van der Waals surface area contributed by atoms with Gasteiger partial charge in [-0.05, 0) is 45.1 Å². The van der Waals surface area contributed by atoms with Crippen molar-refractivity contribution in [3.8, 4) is 5.75 Å². The lowest BCUT2D eigenvalue weighted by molar-refractivity contribution is 0.385. The summed E-state index contributed by atoms with van der Waals surface area (Å²) >= 11 is 5.12. The summed E-state index contributed by atoms with van der Waals surface area (Å²) < 4.78 is 19.7. The minimum atomic E-state index is -0.384. The monoisotopic (exact) mass is 344 g/mol. The minimum absolute atomic E-state index is 0.143. The summed E-state index contributed by atoms with van der Waals surface area (Å²) in [6.07, 6.45) is 0.695. The van der Waals surface area contributed by atoms with E-state index in [0.717, 1.165) is 10.0 Å². The lowest BCUT2D eigenvalue weighted by Gasteiger charge is -2.16. The van der Waals surface area contributed by atoms with Gasteiger partial charge in [-0.15, -0.1) is 11.3 Å². The number of benzene rings is 1. The minimum Gasteiger partial charge on any atom is -0.494 e. The fourth-order valence-electron chi connectivity index (χ4n) is 1.83. The van der Waals surface area contributed by atoms with Crippen LogP contribution in [0.25, 0.3) is 0 Å². The van der Waals surface area contributed by atoms with Crippen molar-refractivity contribution in [2.24, 2.45) is 5.84 Å². The molecule has 2 rings (SSSR count). The van der Waals surface area contributed by atoms with Crippen LogP contribution in [0.4, 0.5) is 4.39 Å². The van der Waals surface area contributed by atoms with Gasteiger partial charge in [0.25, 0.3) is 0 Å². The molecule has 3 N–H and O–H groups in total. The smallest absolute Gasteiger partial charge is 0.165 e. The number of nitrogens with two attached hydrogens (primary N) is 1. The van der Waals surface area contributed by atoms with Crippen molar-refractivity contribution >= 4 is 27.3 Å². The first-order chi connectivity index (χ1) is 9.15. The fourth-order valence-corrected chi connectivity index (χ4v) is 3.39. The number of hydrogen-bond acceptors (Lipinski definition) is 4. The van der Waals surface area contributed by atoms with Gasteiger partial charge in [-0.1, -0.05) is 6.07 Å². The summed E-state index contributed by atoms with van der Waals surface area (Å²) in [6.45, 7) is 0. The van der Waals surface area contributed by atoms with E-state index >= 15 is 0 Å². The molecule has 6 heteroatoms. The Morgan fingerprint density at radius 2 is 2.26 bits per heavy atom. The molecule has 2 aromatic rings. The molecule has 0 amide bonds. The third kappa shape index (κ3) is 3.33. The summed E-state index contributed by atoms with van der Waals surface area (Å²) in [6, 6.07) is 6.72. The van der Waals surface area contributed by atoms with Crippen LogP contribution in [-0.2, 0) is 6.42 Å². The number of hydrazine groups is 1. The van der Waals surface area contributed by atoms with Crippen LogP contribution in [0, 0.1) is 5.82 Å². The van der Waals surface area contributed by atoms with Gasteiger partial charge >= 0.3 is 0 Å². The third-order valence-corrected chi connectivity index (χ3v) is 4.81. The summed E-state index contributed by atoms with van der Waals surface area (Å²) in [5.74, 6) is 5.43. The van der Waals surface area contributed by atoms with Crippen molar-refractivity contribution in [3.63, 3.8) is 0 Å². The van der Waals surface area contributed by atoms with Crippen molar-refractivity contribution in [1.82, 2.24) is 5.43 Å². The molecule has 0 aliphatic heterocycles. The highest BCUT2D eigenvalue weighted by molar-refractivity contribution is 9.10. The predicted octanol–water partition coefficient (Wildman–Crippen LogP) is 3.41. The van der Waals surface area contributed by atoms with E-state index in [-0.39, 0.29) is 17.6 Å². The van der Waals surface area contributed by atoms with E-state index in [2.05, 4.69) is 21.4 Å². The van der Waals surface area contributed by atoms with Gasteiger partial charge in [0, 0.05) is 15.8 Å². The van der Waals surface area contributed by atoms with Crippen LogP contribution < -0.4 is 16.0 Å². The second-order valence-corrected chi connectivity index (χ2v) is 5.86. The van der Waals surface area contributed by atoms with Crippen LogP contribution in [0.3, 0.4) is 0 Å². The Labute approximate surface area is 123 Å². The Bertz CT molecular complexity index is 561. The molecule has 102 valence electrons. The maximum atomic E-state index is 13.7. The topological polar surface area (TPSA) is 47.3 Å². The van der Waals surface area contributed by atoms with Crippen molar-refractivity contribution in [3.05, 3.63) is 50.4 Å². The summed E-state index contributed by atoms with van der Waals surface area (Å²) in [4.78, 5) is 1.17. The van der Waals surface area contributed by atoms with Gasteiger partial charge in [0.1, 0.15) is 0 Å². The summed E-state index contributed by atoms with van der Waals surface area (Å²) in [5, 5.41) is 2.00. The number of ether oxygens (including phenoxy) is 1. The number of halogens is 2. The fraction of sp³-hybridized carbons (Fsp3) is 0.231. The van der Waals surface area contributed by atoms with Crippen LogP contribution in [0.2, 0.25) is 0 Å². The molecule has 3 nitrogen and oxygen atoms in total. The lowest BCUT2D eigenvalue weighted by Crippen LogP contribution is -2.29. The van der Waals surface area contributed by atoms with Crippen molar-refractivity contribution in [1.29, 1.82) is 0 Å². The van der Waals surface area contributed by atoms with Crippen molar-refractivity contribution < 1.29 is 9.13 Å². The Morgan fingerprint density at radius 1 is 1.47 bits per heavy atom. The van der Waals surface area contributed by atoms with E-state index in [0.29, 0.717) is 6.42 Å². The molecule has 1 aromatic heterocycles. The van der Waals surface area contributed by atoms with Crippen LogP contribution in [0.15, 0.2) is 34.1 Å². The molecule has 19 heavy (non-hydrogen) atoms.